The number of nitrogens with zero attached hydrogens (tertiary/aromatic N) is 2. The molecule has 7 heteroatoms. The van der Waals surface area contributed by atoms with Crippen LogP contribution in [0.2, 0.25) is 0 Å². The minimum Gasteiger partial charge on any atom is -0.462 e. The van der Waals surface area contributed by atoms with Gasteiger partial charge in [-0.1, -0.05) is 20.3 Å². The van der Waals surface area contributed by atoms with Crippen LogP contribution >= 0.6 is 0 Å². The third-order valence-electron chi connectivity index (χ3n) is 4.99. The van der Waals surface area contributed by atoms with Gasteiger partial charge in [0.25, 0.3) is 5.91 Å². The summed E-state index contributed by atoms with van der Waals surface area (Å²) in [6.45, 7) is 6.48. The third kappa shape index (κ3) is 3.18. The number of aromatic nitrogens is 2. The number of hydrogen-bond donors (Lipinski definition) is 2. The van der Waals surface area contributed by atoms with E-state index in [1.165, 1.54) is 6.20 Å². The summed E-state index contributed by atoms with van der Waals surface area (Å²) in [6, 6.07) is 1.90. The minimum absolute atomic E-state index is 0.117. The first-order chi connectivity index (χ1) is 11.8. The van der Waals surface area contributed by atoms with Gasteiger partial charge in [0.2, 0.25) is 0 Å². The Morgan fingerprint density at radius 3 is 2.84 bits per heavy atom. The topological polar surface area (TPSA) is 98.7 Å². The van der Waals surface area contributed by atoms with Gasteiger partial charge in [0.15, 0.2) is 0 Å². The van der Waals surface area contributed by atoms with Crippen LogP contribution in [0.4, 0.5) is 5.69 Å². The fourth-order valence-electron chi connectivity index (χ4n) is 3.49. The molecule has 3 rings (SSSR count). The van der Waals surface area contributed by atoms with E-state index in [0.29, 0.717) is 28.9 Å². The lowest BCUT2D eigenvalue weighted by Gasteiger charge is -2.29. The zero-order valence-corrected chi connectivity index (χ0v) is 14.8. The summed E-state index contributed by atoms with van der Waals surface area (Å²) in [6.07, 6.45) is 6.31. The average molecular weight is 344 g/mol. The van der Waals surface area contributed by atoms with E-state index in [1.807, 2.05) is 0 Å². The molecule has 0 spiro atoms. The molecule has 2 aromatic heterocycles. The summed E-state index contributed by atoms with van der Waals surface area (Å²) in [5.74, 6) is -0.965. The molecular formula is C18H24N4O3. The average Bonchev–Trinajstić information content (AvgIpc) is 3.11. The Bertz CT molecular complexity index is 825. The van der Waals surface area contributed by atoms with Crippen LogP contribution in [0.15, 0.2) is 18.5 Å². The quantitative estimate of drug-likeness (QED) is 0.812. The Morgan fingerprint density at radius 1 is 1.48 bits per heavy atom. The minimum atomic E-state index is -0.549. The highest BCUT2D eigenvalue weighted by Gasteiger charge is 2.35. The maximum absolute atomic E-state index is 12.0. The van der Waals surface area contributed by atoms with Crippen molar-refractivity contribution in [3.63, 3.8) is 0 Å². The standard InChI is InChI=1S/C18H24N4O3/c1-4-25-17(24)11-8-13-15(21-14-6-5-7-18(14,2)3)12(16(19)23)9-20-22(13)10-11/h8-10,14,21H,4-7H2,1-3H3,(H2,19,23)/t14-/m1/s1. The van der Waals surface area contributed by atoms with Gasteiger partial charge in [-0.25, -0.2) is 9.31 Å². The number of nitrogens with two attached hydrogens (primary N) is 1. The van der Waals surface area contributed by atoms with Crippen molar-refractivity contribution in [2.75, 3.05) is 11.9 Å². The Balaban J connectivity index is 2.08. The summed E-state index contributed by atoms with van der Waals surface area (Å²) < 4.78 is 6.62. The maximum atomic E-state index is 12.0. The lowest BCUT2D eigenvalue weighted by molar-refractivity contribution is 0.0526. The second kappa shape index (κ2) is 6.38. The molecule has 0 radical (unpaired) electrons. The summed E-state index contributed by atoms with van der Waals surface area (Å²) >= 11 is 0. The first-order valence-corrected chi connectivity index (χ1v) is 8.58. The fraction of sp³-hybridized carbons (Fsp3) is 0.500. The van der Waals surface area contributed by atoms with Crippen LogP contribution in [0.3, 0.4) is 0 Å². The summed E-state index contributed by atoms with van der Waals surface area (Å²) in [4.78, 5) is 23.9. The monoisotopic (exact) mass is 344 g/mol. The van der Waals surface area contributed by atoms with Crippen molar-refractivity contribution >= 4 is 23.1 Å². The third-order valence-corrected chi connectivity index (χ3v) is 4.99. The van der Waals surface area contributed by atoms with Gasteiger partial charge in [0.05, 0.1) is 35.1 Å². The first kappa shape index (κ1) is 17.3. The number of rotatable bonds is 5. The second-order valence-electron chi connectivity index (χ2n) is 7.15. The van der Waals surface area contributed by atoms with Gasteiger partial charge >= 0.3 is 5.97 Å². The number of carbonyl (C=O) groups excluding carboxylic acids is 2. The Morgan fingerprint density at radius 2 is 2.24 bits per heavy atom. The normalized spacial score (nSPS) is 19.1. The summed E-state index contributed by atoms with van der Waals surface area (Å²) in [7, 11) is 0. The molecule has 1 amide bonds. The molecule has 0 aliphatic heterocycles. The lowest BCUT2D eigenvalue weighted by atomic mass is 9.87. The SMILES string of the molecule is CCOC(=O)c1cc2c(N[C@@H]3CCCC3(C)C)c(C(N)=O)cnn2c1. The van der Waals surface area contributed by atoms with E-state index >= 15 is 0 Å². The predicted molar refractivity (Wildman–Crippen MR) is 94.7 cm³/mol. The van der Waals surface area contributed by atoms with Crippen LogP contribution in [0, 0.1) is 5.41 Å². The van der Waals surface area contributed by atoms with Crippen LogP contribution in [-0.4, -0.2) is 34.1 Å². The molecule has 0 bridgehead atoms. The van der Waals surface area contributed by atoms with Gasteiger partial charge in [0.1, 0.15) is 0 Å². The summed E-state index contributed by atoms with van der Waals surface area (Å²) in [5, 5.41) is 7.70. The van der Waals surface area contributed by atoms with Gasteiger partial charge in [-0.15, -0.1) is 0 Å². The van der Waals surface area contributed by atoms with Crippen molar-refractivity contribution in [2.45, 2.75) is 46.1 Å². The Kier molecular flexibility index (Phi) is 4.41. The van der Waals surface area contributed by atoms with E-state index in [0.717, 1.165) is 19.3 Å². The van der Waals surface area contributed by atoms with Crippen molar-refractivity contribution in [3.05, 3.63) is 29.6 Å². The fourth-order valence-corrected chi connectivity index (χ4v) is 3.49. The van der Waals surface area contributed by atoms with Gasteiger partial charge < -0.3 is 15.8 Å². The number of esters is 1. The Hall–Kier alpha value is -2.57. The zero-order valence-electron chi connectivity index (χ0n) is 14.8. The highest BCUT2D eigenvalue weighted by atomic mass is 16.5. The molecule has 25 heavy (non-hydrogen) atoms. The van der Waals surface area contributed by atoms with E-state index in [1.54, 1.807) is 23.7 Å². The van der Waals surface area contributed by atoms with Gasteiger partial charge in [-0.05, 0) is 31.2 Å². The molecule has 3 N–H and O–H groups in total. The molecule has 0 aromatic carbocycles. The number of primary amides is 1. The van der Waals surface area contributed by atoms with Crippen LogP contribution in [0.5, 0.6) is 0 Å². The smallest absolute Gasteiger partial charge is 0.339 e. The van der Waals surface area contributed by atoms with E-state index < -0.39 is 11.9 Å². The van der Waals surface area contributed by atoms with Gasteiger partial charge in [-0.2, -0.15) is 5.10 Å². The molecule has 1 aliphatic carbocycles. The first-order valence-electron chi connectivity index (χ1n) is 8.58. The molecule has 1 saturated carbocycles. The molecule has 0 unspecified atom stereocenters. The molecule has 1 fully saturated rings. The zero-order chi connectivity index (χ0) is 18.2. The van der Waals surface area contributed by atoms with Crippen LogP contribution in [0.25, 0.3) is 5.52 Å². The predicted octanol–water partition coefficient (Wildman–Crippen LogP) is 2.60. The number of anilines is 1. The van der Waals surface area contributed by atoms with Gasteiger partial charge in [0, 0.05) is 12.2 Å². The van der Waals surface area contributed by atoms with E-state index in [-0.39, 0.29) is 11.5 Å². The Labute approximate surface area is 146 Å². The van der Waals surface area contributed by atoms with Crippen molar-refractivity contribution in [2.24, 2.45) is 11.1 Å². The molecule has 1 atom stereocenters. The molecule has 134 valence electrons. The molecule has 2 heterocycles. The lowest BCUT2D eigenvalue weighted by Crippen LogP contribution is -2.32. The van der Waals surface area contributed by atoms with Crippen molar-refractivity contribution in [3.8, 4) is 0 Å². The van der Waals surface area contributed by atoms with Crippen molar-refractivity contribution < 1.29 is 14.3 Å². The molecule has 1 aliphatic rings. The van der Waals surface area contributed by atoms with Crippen molar-refractivity contribution in [1.82, 2.24) is 9.61 Å². The summed E-state index contributed by atoms with van der Waals surface area (Å²) in [5.41, 5.74) is 7.64. The van der Waals surface area contributed by atoms with Gasteiger partial charge in [-0.3, -0.25) is 4.79 Å². The molecule has 7 nitrogen and oxygen atoms in total. The number of carbonyl (C=O) groups is 2. The van der Waals surface area contributed by atoms with E-state index in [2.05, 4.69) is 24.3 Å². The van der Waals surface area contributed by atoms with Crippen LogP contribution in [0.1, 0.15) is 60.7 Å². The largest absolute Gasteiger partial charge is 0.462 e. The number of nitrogens with one attached hydrogen (secondary N) is 1. The highest BCUT2D eigenvalue weighted by molar-refractivity contribution is 6.03. The van der Waals surface area contributed by atoms with Crippen molar-refractivity contribution in [1.29, 1.82) is 0 Å². The van der Waals surface area contributed by atoms with Crippen LogP contribution < -0.4 is 11.1 Å². The van der Waals surface area contributed by atoms with E-state index in [4.69, 9.17) is 10.5 Å². The number of amides is 1. The van der Waals surface area contributed by atoms with E-state index in [9.17, 15) is 9.59 Å². The number of ether oxygens (including phenoxy) is 1. The number of hydrogen-bond acceptors (Lipinski definition) is 5. The molecular weight excluding hydrogens is 320 g/mol. The van der Waals surface area contributed by atoms with Crippen LogP contribution in [-0.2, 0) is 4.74 Å². The molecule has 0 saturated heterocycles. The maximum Gasteiger partial charge on any atom is 0.339 e. The number of fused-ring (bicyclic) bond motifs is 1. The highest BCUT2D eigenvalue weighted by Crippen LogP contribution is 2.40. The second-order valence-corrected chi connectivity index (χ2v) is 7.15. The molecule has 2 aromatic rings.